The molecule has 0 saturated heterocycles. The van der Waals surface area contributed by atoms with Crippen molar-refractivity contribution in [3.63, 3.8) is 0 Å². The van der Waals surface area contributed by atoms with Crippen molar-refractivity contribution < 1.29 is 13.2 Å². The van der Waals surface area contributed by atoms with Gasteiger partial charge in [0.05, 0.1) is 17.0 Å². The van der Waals surface area contributed by atoms with E-state index in [1.807, 2.05) is 14.0 Å². The maximum Gasteiger partial charge on any atom is 0.416 e. The van der Waals surface area contributed by atoms with Gasteiger partial charge in [-0.1, -0.05) is 12.1 Å². The number of aromatic nitrogens is 2. The number of nitrogens with one attached hydrogen (secondary N) is 1. The van der Waals surface area contributed by atoms with Gasteiger partial charge in [0.2, 0.25) is 0 Å². The first kappa shape index (κ1) is 14.6. The molecule has 1 unspecified atom stereocenters. The highest BCUT2D eigenvalue weighted by Gasteiger charge is 2.30. The van der Waals surface area contributed by atoms with Crippen LogP contribution in [0.1, 0.15) is 24.2 Å². The first-order chi connectivity index (χ1) is 9.32. The van der Waals surface area contributed by atoms with Crippen molar-refractivity contribution in [2.24, 2.45) is 7.05 Å². The van der Waals surface area contributed by atoms with Crippen molar-refractivity contribution >= 4 is 0 Å². The number of aryl methyl sites for hydroxylation is 1. The van der Waals surface area contributed by atoms with E-state index in [1.165, 1.54) is 6.07 Å². The number of benzene rings is 1. The van der Waals surface area contributed by atoms with Crippen LogP contribution in [0.2, 0.25) is 0 Å². The van der Waals surface area contributed by atoms with E-state index in [4.69, 9.17) is 0 Å². The van der Waals surface area contributed by atoms with Crippen LogP contribution in [0.4, 0.5) is 13.2 Å². The minimum atomic E-state index is -4.34. The maximum absolute atomic E-state index is 12.7. The molecule has 2 aromatic rings. The Labute approximate surface area is 115 Å². The summed E-state index contributed by atoms with van der Waals surface area (Å²) in [6, 6.07) is 7.12. The molecule has 0 fully saturated rings. The molecule has 1 heterocycles. The van der Waals surface area contributed by atoms with E-state index >= 15 is 0 Å². The van der Waals surface area contributed by atoms with Crippen LogP contribution in [-0.2, 0) is 13.2 Å². The molecule has 108 valence electrons. The molecule has 1 aromatic heterocycles. The topological polar surface area (TPSA) is 29.9 Å². The van der Waals surface area contributed by atoms with Crippen molar-refractivity contribution in [3.8, 4) is 11.3 Å². The van der Waals surface area contributed by atoms with E-state index in [1.54, 1.807) is 23.9 Å². The highest BCUT2D eigenvalue weighted by molar-refractivity contribution is 5.61. The number of halogens is 3. The van der Waals surface area contributed by atoms with Gasteiger partial charge in [0.15, 0.2) is 0 Å². The minimum absolute atomic E-state index is 0.0424. The lowest BCUT2D eigenvalue weighted by Gasteiger charge is -2.08. The summed E-state index contributed by atoms with van der Waals surface area (Å²) in [4.78, 5) is 0. The summed E-state index contributed by atoms with van der Waals surface area (Å²) in [5.74, 6) is 0. The molecule has 1 aromatic carbocycles. The van der Waals surface area contributed by atoms with E-state index in [0.29, 0.717) is 11.3 Å². The molecule has 0 aliphatic heterocycles. The Bertz CT molecular complexity index is 602. The smallest absolute Gasteiger partial charge is 0.312 e. The highest BCUT2D eigenvalue weighted by atomic mass is 19.4. The van der Waals surface area contributed by atoms with Crippen LogP contribution >= 0.6 is 0 Å². The van der Waals surface area contributed by atoms with Gasteiger partial charge in [-0.3, -0.25) is 4.68 Å². The molecule has 3 nitrogen and oxygen atoms in total. The van der Waals surface area contributed by atoms with Crippen molar-refractivity contribution in [3.05, 3.63) is 41.6 Å². The van der Waals surface area contributed by atoms with Crippen molar-refractivity contribution in [2.45, 2.75) is 19.1 Å². The van der Waals surface area contributed by atoms with Crippen LogP contribution in [0.25, 0.3) is 11.3 Å². The summed E-state index contributed by atoms with van der Waals surface area (Å²) in [7, 11) is 3.53. The van der Waals surface area contributed by atoms with Gasteiger partial charge in [-0.2, -0.15) is 18.3 Å². The van der Waals surface area contributed by atoms with Crippen LogP contribution in [0.5, 0.6) is 0 Å². The van der Waals surface area contributed by atoms with Gasteiger partial charge in [-0.15, -0.1) is 0 Å². The van der Waals surface area contributed by atoms with Crippen LogP contribution in [0.3, 0.4) is 0 Å². The molecule has 0 saturated carbocycles. The first-order valence-electron chi connectivity index (χ1n) is 6.21. The number of hydrogen-bond donors (Lipinski definition) is 1. The number of rotatable bonds is 3. The minimum Gasteiger partial charge on any atom is -0.312 e. The first-order valence-corrected chi connectivity index (χ1v) is 6.21. The van der Waals surface area contributed by atoms with Gasteiger partial charge in [-0.25, -0.2) is 0 Å². The van der Waals surface area contributed by atoms with Crippen molar-refractivity contribution in [1.82, 2.24) is 15.1 Å². The molecule has 6 heteroatoms. The lowest BCUT2D eigenvalue weighted by molar-refractivity contribution is -0.137. The third kappa shape index (κ3) is 2.85. The summed E-state index contributed by atoms with van der Waals surface area (Å²) in [6.07, 6.45) is -4.34. The quantitative estimate of drug-likeness (QED) is 0.935. The van der Waals surface area contributed by atoms with Gasteiger partial charge in [0.25, 0.3) is 0 Å². The zero-order valence-electron chi connectivity index (χ0n) is 11.5. The van der Waals surface area contributed by atoms with E-state index in [0.717, 1.165) is 17.8 Å². The molecule has 1 N–H and O–H groups in total. The fourth-order valence-electron chi connectivity index (χ4n) is 1.97. The average molecular weight is 283 g/mol. The van der Waals surface area contributed by atoms with E-state index in [2.05, 4.69) is 10.4 Å². The molecule has 2 rings (SSSR count). The van der Waals surface area contributed by atoms with Crippen LogP contribution in [0.15, 0.2) is 30.3 Å². The molecular formula is C14H16F3N3. The standard InChI is InChI=1S/C14H16F3N3/c1-9(18-2)12-8-13(20(3)19-12)10-5-4-6-11(7-10)14(15,16)17/h4-9,18H,1-3H3. The predicted octanol–water partition coefficient (Wildman–Crippen LogP) is 3.39. The Morgan fingerprint density at radius 2 is 1.95 bits per heavy atom. The average Bonchev–Trinajstić information content (AvgIpc) is 2.79. The summed E-state index contributed by atoms with van der Waals surface area (Å²) in [5, 5.41) is 7.38. The fraction of sp³-hybridized carbons (Fsp3) is 0.357. The monoisotopic (exact) mass is 283 g/mol. The van der Waals surface area contributed by atoms with Gasteiger partial charge in [0, 0.05) is 18.7 Å². The van der Waals surface area contributed by atoms with Crippen molar-refractivity contribution in [1.29, 1.82) is 0 Å². The second kappa shape index (κ2) is 5.28. The van der Waals surface area contributed by atoms with Crippen molar-refractivity contribution in [2.75, 3.05) is 7.05 Å². The van der Waals surface area contributed by atoms with Crippen LogP contribution in [-0.4, -0.2) is 16.8 Å². The van der Waals surface area contributed by atoms with Crippen LogP contribution in [0, 0.1) is 0 Å². The van der Waals surface area contributed by atoms with E-state index < -0.39 is 11.7 Å². The third-order valence-corrected chi connectivity index (χ3v) is 3.26. The fourth-order valence-corrected chi connectivity index (χ4v) is 1.97. The Balaban J connectivity index is 2.44. The predicted molar refractivity (Wildman–Crippen MR) is 71.1 cm³/mol. The lowest BCUT2D eigenvalue weighted by Crippen LogP contribution is -2.13. The summed E-state index contributed by atoms with van der Waals surface area (Å²) >= 11 is 0. The summed E-state index contributed by atoms with van der Waals surface area (Å²) in [6.45, 7) is 1.94. The second-order valence-corrected chi connectivity index (χ2v) is 4.67. The Morgan fingerprint density at radius 3 is 2.55 bits per heavy atom. The Kier molecular flexibility index (Phi) is 3.85. The van der Waals surface area contributed by atoms with Gasteiger partial charge in [-0.05, 0) is 32.2 Å². The Morgan fingerprint density at radius 1 is 1.25 bits per heavy atom. The number of hydrogen-bond acceptors (Lipinski definition) is 2. The lowest BCUT2D eigenvalue weighted by atomic mass is 10.1. The molecule has 0 aliphatic rings. The SMILES string of the molecule is CNC(C)c1cc(-c2cccc(C(F)(F)F)c2)n(C)n1. The molecule has 0 spiro atoms. The molecule has 0 radical (unpaired) electrons. The normalized spacial score (nSPS) is 13.5. The Hall–Kier alpha value is -1.82. The zero-order valence-corrected chi connectivity index (χ0v) is 11.5. The van der Waals surface area contributed by atoms with Gasteiger partial charge >= 0.3 is 6.18 Å². The molecular weight excluding hydrogens is 267 g/mol. The van der Waals surface area contributed by atoms with Gasteiger partial charge < -0.3 is 5.32 Å². The summed E-state index contributed by atoms with van der Waals surface area (Å²) in [5.41, 5.74) is 1.31. The molecule has 0 aliphatic carbocycles. The highest BCUT2D eigenvalue weighted by Crippen LogP contribution is 2.32. The van der Waals surface area contributed by atoms with Gasteiger partial charge in [0.1, 0.15) is 0 Å². The third-order valence-electron chi connectivity index (χ3n) is 3.26. The molecule has 0 amide bonds. The molecule has 1 atom stereocenters. The molecule has 0 bridgehead atoms. The maximum atomic E-state index is 12.7. The largest absolute Gasteiger partial charge is 0.416 e. The second-order valence-electron chi connectivity index (χ2n) is 4.67. The van der Waals surface area contributed by atoms with Crippen LogP contribution < -0.4 is 5.32 Å². The summed E-state index contributed by atoms with van der Waals surface area (Å²) < 4.78 is 39.8. The number of nitrogens with zero attached hydrogens (tertiary/aromatic N) is 2. The zero-order chi connectivity index (χ0) is 14.9. The number of alkyl halides is 3. The van der Waals surface area contributed by atoms with E-state index in [9.17, 15) is 13.2 Å². The van der Waals surface area contributed by atoms with E-state index in [-0.39, 0.29) is 6.04 Å². The molecule has 20 heavy (non-hydrogen) atoms.